The van der Waals surface area contributed by atoms with Gasteiger partial charge in [-0.3, -0.25) is 19.9 Å². The summed E-state index contributed by atoms with van der Waals surface area (Å²) in [6, 6.07) is 2.97. The van der Waals surface area contributed by atoms with Crippen molar-refractivity contribution in [2.75, 3.05) is 0 Å². The predicted molar refractivity (Wildman–Crippen MR) is 52.5 cm³/mol. The molecule has 1 aliphatic carbocycles. The van der Waals surface area contributed by atoms with E-state index in [-0.39, 0.29) is 11.5 Å². The largest absolute Gasteiger partial charge is 0.299 e. The fraction of sp³-hybridized carbons (Fsp3) is 0.400. The van der Waals surface area contributed by atoms with Gasteiger partial charge in [0.1, 0.15) is 12.0 Å². The van der Waals surface area contributed by atoms with Crippen molar-refractivity contribution in [3.63, 3.8) is 0 Å². The van der Waals surface area contributed by atoms with Gasteiger partial charge in [-0.25, -0.2) is 0 Å². The molecule has 5 heteroatoms. The lowest BCUT2D eigenvalue weighted by Gasteiger charge is -2.09. The van der Waals surface area contributed by atoms with Gasteiger partial charge in [0.15, 0.2) is 0 Å². The molecule has 0 radical (unpaired) electrons. The van der Waals surface area contributed by atoms with Crippen LogP contribution in [0.2, 0.25) is 0 Å². The summed E-state index contributed by atoms with van der Waals surface area (Å²) in [4.78, 5) is 25.3. The molecule has 78 valence electrons. The third kappa shape index (κ3) is 1.49. The van der Waals surface area contributed by atoms with Gasteiger partial charge in [-0.1, -0.05) is 0 Å². The molecule has 0 saturated heterocycles. The SMILES string of the molecule is CC(=O)C1(c2ccc([N+](=O)[O-])cn2)CC1. The number of ketones is 1. The van der Waals surface area contributed by atoms with Gasteiger partial charge in [0.2, 0.25) is 0 Å². The van der Waals surface area contributed by atoms with Gasteiger partial charge >= 0.3 is 0 Å². The van der Waals surface area contributed by atoms with E-state index in [2.05, 4.69) is 4.98 Å². The quantitative estimate of drug-likeness (QED) is 0.556. The third-order valence-electron chi connectivity index (χ3n) is 2.87. The average molecular weight is 206 g/mol. The summed E-state index contributed by atoms with van der Waals surface area (Å²) in [5, 5.41) is 10.4. The van der Waals surface area contributed by atoms with Crippen LogP contribution in [0.4, 0.5) is 5.69 Å². The number of carbonyl (C=O) groups is 1. The highest BCUT2D eigenvalue weighted by Gasteiger charge is 2.50. The molecule has 1 heterocycles. The van der Waals surface area contributed by atoms with E-state index in [1.165, 1.54) is 19.2 Å². The van der Waals surface area contributed by atoms with Crippen LogP contribution in [0.25, 0.3) is 0 Å². The van der Waals surface area contributed by atoms with Crippen LogP contribution in [0.5, 0.6) is 0 Å². The Bertz CT molecular complexity index is 421. The fourth-order valence-electron chi connectivity index (χ4n) is 1.69. The van der Waals surface area contributed by atoms with E-state index < -0.39 is 10.3 Å². The lowest BCUT2D eigenvalue weighted by molar-refractivity contribution is -0.385. The first-order valence-electron chi connectivity index (χ1n) is 4.68. The maximum Gasteiger partial charge on any atom is 0.287 e. The molecule has 0 spiro atoms. The zero-order chi connectivity index (χ0) is 11.1. The third-order valence-corrected chi connectivity index (χ3v) is 2.87. The van der Waals surface area contributed by atoms with Gasteiger partial charge < -0.3 is 0 Å². The number of nitrogens with zero attached hydrogens (tertiary/aromatic N) is 2. The van der Waals surface area contributed by atoms with Crippen molar-refractivity contribution in [1.29, 1.82) is 0 Å². The maximum absolute atomic E-state index is 11.4. The highest BCUT2D eigenvalue weighted by atomic mass is 16.6. The van der Waals surface area contributed by atoms with E-state index in [0.29, 0.717) is 5.69 Å². The average Bonchev–Trinajstić information content (AvgIpc) is 2.98. The number of pyridine rings is 1. The molecule has 1 aromatic rings. The Labute approximate surface area is 86.3 Å². The summed E-state index contributed by atoms with van der Waals surface area (Å²) < 4.78 is 0. The highest BCUT2D eigenvalue weighted by Crippen LogP contribution is 2.48. The summed E-state index contributed by atoms with van der Waals surface area (Å²) in [7, 11) is 0. The molecule has 1 aliphatic rings. The zero-order valence-corrected chi connectivity index (χ0v) is 8.27. The minimum Gasteiger partial charge on any atom is -0.299 e. The standard InChI is InChI=1S/C10H10N2O3/c1-7(13)10(4-5-10)9-3-2-8(6-11-9)12(14)15/h2-3,6H,4-5H2,1H3. The summed E-state index contributed by atoms with van der Waals surface area (Å²) in [5.41, 5.74) is 0.161. The molecule has 2 rings (SSSR count). The van der Waals surface area contributed by atoms with E-state index in [4.69, 9.17) is 0 Å². The fourth-order valence-corrected chi connectivity index (χ4v) is 1.69. The van der Waals surface area contributed by atoms with Crippen molar-refractivity contribution in [3.8, 4) is 0 Å². The van der Waals surface area contributed by atoms with E-state index in [1.54, 1.807) is 6.07 Å². The van der Waals surface area contributed by atoms with Gasteiger partial charge in [-0.2, -0.15) is 0 Å². The lowest BCUT2D eigenvalue weighted by Crippen LogP contribution is -2.18. The van der Waals surface area contributed by atoms with Crippen molar-refractivity contribution in [2.24, 2.45) is 0 Å². The van der Waals surface area contributed by atoms with Crippen LogP contribution in [0.1, 0.15) is 25.5 Å². The Hall–Kier alpha value is -1.78. The van der Waals surface area contributed by atoms with Gasteiger partial charge in [0.05, 0.1) is 16.0 Å². The summed E-state index contributed by atoms with van der Waals surface area (Å²) in [6.07, 6.45) is 2.80. The Balaban J connectivity index is 2.32. The monoisotopic (exact) mass is 206 g/mol. The van der Waals surface area contributed by atoms with Crippen LogP contribution in [0.15, 0.2) is 18.3 Å². The Morgan fingerprint density at radius 1 is 1.53 bits per heavy atom. The number of rotatable bonds is 3. The van der Waals surface area contributed by atoms with Gasteiger partial charge in [0.25, 0.3) is 5.69 Å². The van der Waals surface area contributed by atoms with Crippen molar-refractivity contribution in [1.82, 2.24) is 4.98 Å². The van der Waals surface area contributed by atoms with Crippen molar-refractivity contribution in [2.45, 2.75) is 25.2 Å². The topological polar surface area (TPSA) is 73.1 Å². The smallest absolute Gasteiger partial charge is 0.287 e. The van der Waals surface area contributed by atoms with Crippen LogP contribution >= 0.6 is 0 Å². The number of carbonyl (C=O) groups excluding carboxylic acids is 1. The first-order valence-corrected chi connectivity index (χ1v) is 4.68. The van der Waals surface area contributed by atoms with E-state index >= 15 is 0 Å². The molecule has 1 fully saturated rings. The summed E-state index contributed by atoms with van der Waals surface area (Å²) in [5.74, 6) is 0.0869. The van der Waals surface area contributed by atoms with Crippen LogP contribution < -0.4 is 0 Å². The molecule has 0 bridgehead atoms. The summed E-state index contributed by atoms with van der Waals surface area (Å²) >= 11 is 0. The van der Waals surface area contributed by atoms with Crippen molar-refractivity contribution in [3.05, 3.63) is 34.1 Å². The van der Waals surface area contributed by atoms with Crippen LogP contribution in [-0.2, 0) is 10.2 Å². The number of nitro groups is 1. The molecule has 0 unspecified atom stereocenters. The van der Waals surface area contributed by atoms with Crippen molar-refractivity contribution < 1.29 is 9.72 Å². The first kappa shape index (κ1) is 9.76. The molecule has 15 heavy (non-hydrogen) atoms. The van der Waals surface area contributed by atoms with E-state index in [1.807, 2.05) is 0 Å². The molecule has 0 amide bonds. The summed E-state index contributed by atoms with van der Waals surface area (Å²) in [6.45, 7) is 1.54. The van der Waals surface area contributed by atoms with E-state index in [0.717, 1.165) is 12.8 Å². The Kier molecular flexibility index (Phi) is 2.03. The number of hydrogen-bond donors (Lipinski definition) is 0. The normalized spacial score (nSPS) is 17.1. The first-order chi connectivity index (χ1) is 7.06. The second-order valence-corrected chi connectivity index (χ2v) is 3.80. The molecule has 1 aromatic heterocycles. The van der Waals surface area contributed by atoms with Crippen LogP contribution in [-0.4, -0.2) is 15.7 Å². The molecule has 5 nitrogen and oxygen atoms in total. The Morgan fingerprint density at radius 3 is 2.53 bits per heavy atom. The van der Waals surface area contributed by atoms with Gasteiger partial charge in [-0.15, -0.1) is 0 Å². The molecule has 0 N–H and O–H groups in total. The predicted octanol–water partition coefficient (Wildman–Crippen LogP) is 1.61. The molecule has 0 atom stereocenters. The second-order valence-electron chi connectivity index (χ2n) is 3.80. The van der Waals surface area contributed by atoms with Gasteiger partial charge in [0, 0.05) is 6.07 Å². The Morgan fingerprint density at radius 2 is 2.20 bits per heavy atom. The highest BCUT2D eigenvalue weighted by molar-refractivity contribution is 5.90. The number of aromatic nitrogens is 1. The van der Waals surface area contributed by atoms with Crippen LogP contribution in [0, 0.1) is 10.1 Å². The molecular weight excluding hydrogens is 196 g/mol. The number of hydrogen-bond acceptors (Lipinski definition) is 4. The second kappa shape index (κ2) is 3.12. The maximum atomic E-state index is 11.4. The van der Waals surface area contributed by atoms with Gasteiger partial charge in [-0.05, 0) is 25.8 Å². The van der Waals surface area contributed by atoms with Crippen LogP contribution in [0.3, 0.4) is 0 Å². The number of Topliss-reactive ketones (excluding diaryl/α,β-unsaturated/α-hetero) is 1. The molecule has 0 aliphatic heterocycles. The zero-order valence-electron chi connectivity index (χ0n) is 8.27. The molecular formula is C10H10N2O3. The minimum atomic E-state index is -0.496. The molecule has 0 aromatic carbocycles. The minimum absolute atomic E-state index is 0.0434. The lowest BCUT2D eigenvalue weighted by atomic mass is 9.97. The van der Waals surface area contributed by atoms with E-state index in [9.17, 15) is 14.9 Å². The molecule has 1 saturated carbocycles. The van der Waals surface area contributed by atoms with Crippen molar-refractivity contribution >= 4 is 11.5 Å².